The number of amidine groups is 2. The molecule has 1 amide bonds. The molecule has 0 bridgehead atoms. The number of aliphatic imine (C=N–C) groups is 1. The average Bonchev–Trinajstić information content (AvgIpc) is 2.99. The summed E-state index contributed by atoms with van der Waals surface area (Å²) in [7, 11) is 1.88. The third-order valence-electron chi connectivity index (χ3n) is 3.45. The topological polar surface area (TPSA) is 99.1 Å². The Morgan fingerprint density at radius 2 is 2.04 bits per heavy atom. The second kappa shape index (κ2) is 5.13. The Labute approximate surface area is 130 Å². The van der Waals surface area contributed by atoms with Crippen LogP contribution in [0.3, 0.4) is 0 Å². The van der Waals surface area contributed by atoms with Gasteiger partial charge in [-0.2, -0.15) is 4.58 Å². The number of pyridine rings is 1. The third kappa shape index (κ3) is 2.27. The highest BCUT2D eigenvalue weighted by Gasteiger charge is 2.36. The van der Waals surface area contributed by atoms with E-state index < -0.39 is 5.91 Å². The Hall–Kier alpha value is -3.36. The van der Waals surface area contributed by atoms with Crippen LogP contribution in [0.4, 0.5) is 5.82 Å². The molecule has 2 aliphatic heterocycles. The molecule has 0 radical (unpaired) electrons. The van der Waals surface area contributed by atoms with Gasteiger partial charge in [0, 0.05) is 19.4 Å². The number of rotatable bonds is 3. The lowest BCUT2D eigenvalue weighted by atomic mass is 10.3. The number of nitrogens with zero attached hydrogens (tertiary/aromatic N) is 8. The summed E-state index contributed by atoms with van der Waals surface area (Å²) in [5, 5.41) is 7.94. The number of hydrogen-bond donors (Lipinski definition) is 0. The maximum absolute atomic E-state index is 11.6. The van der Waals surface area contributed by atoms with E-state index in [0.717, 1.165) is 11.3 Å². The molecule has 9 heteroatoms. The summed E-state index contributed by atoms with van der Waals surface area (Å²) >= 11 is 0. The highest BCUT2D eigenvalue weighted by atomic mass is 16.2. The number of fused-ring (bicyclic) bond motifs is 2. The van der Waals surface area contributed by atoms with E-state index in [1.165, 1.54) is 6.21 Å². The minimum Gasteiger partial charge on any atom is -0.349 e. The molecule has 0 N–H and O–H groups in total. The van der Waals surface area contributed by atoms with Crippen LogP contribution in [0.2, 0.25) is 0 Å². The number of aromatic nitrogens is 3. The Kier molecular flexibility index (Phi) is 2.97. The summed E-state index contributed by atoms with van der Waals surface area (Å²) in [4.78, 5) is 30.1. The van der Waals surface area contributed by atoms with Crippen molar-refractivity contribution in [1.29, 1.82) is 0 Å². The van der Waals surface area contributed by atoms with Gasteiger partial charge in [-0.15, -0.1) is 0 Å². The quantitative estimate of drug-likeness (QED) is 0.736. The molecule has 0 unspecified atom stereocenters. The monoisotopic (exact) mass is 307 g/mol. The van der Waals surface area contributed by atoms with E-state index in [0.29, 0.717) is 18.0 Å². The second-order valence-electron chi connectivity index (χ2n) is 4.97. The highest BCUT2D eigenvalue weighted by molar-refractivity contribution is 6.43. The van der Waals surface area contributed by atoms with Crippen LogP contribution >= 0.6 is 0 Å². The predicted molar refractivity (Wildman–Crippen MR) is 85.3 cm³/mol. The Bertz CT molecular complexity index is 943. The molecule has 0 aromatic carbocycles. The molecule has 2 aromatic heterocycles. The van der Waals surface area contributed by atoms with Crippen LogP contribution in [0.15, 0.2) is 39.7 Å². The van der Waals surface area contributed by atoms with E-state index in [9.17, 15) is 4.79 Å². The molecule has 0 aliphatic carbocycles. The van der Waals surface area contributed by atoms with Crippen molar-refractivity contribution in [3.8, 4) is 0 Å². The molecule has 4 rings (SSSR count). The zero-order chi connectivity index (χ0) is 15.8. The molecular formula is C14H11N8O+. The van der Waals surface area contributed by atoms with Gasteiger partial charge in [0.25, 0.3) is 0 Å². The molecule has 0 saturated heterocycles. The van der Waals surface area contributed by atoms with E-state index in [1.807, 2.05) is 24.1 Å². The van der Waals surface area contributed by atoms with Crippen LogP contribution in [0.5, 0.6) is 0 Å². The van der Waals surface area contributed by atoms with Gasteiger partial charge in [-0.3, -0.25) is 9.78 Å². The fraction of sp³-hybridized carbons (Fsp3) is 0.143. The number of hydrogen-bond acceptors (Lipinski definition) is 7. The van der Waals surface area contributed by atoms with E-state index in [2.05, 4.69) is 30.1 Å². The van der Waals surface area contributed by atoms with Gasteiger partial charge in [0.15, 0.2) is 5.65 Å². The van der Waals surface area contributed by atoms with E-state index in [4.69, 9.17) is 0 Å². The molecule has 0 spiro atoms. The Morgan fingerprint density at radius 3 is 2.96 bits per heavy atom. The molecule has 0 fully saturated rings. The summed E-state index contributed by atoms with van der Waals surface area (Å²) in [6, 6.07) is 3.73. The predicted octanol–water partition coefficient (Wildman–Crippen LogP) is -0.119. The number of carbonyl (C=O) groups is 1. The van der Waals surface area contributed by atoms with Gasteiger partial charge in [-0.1, -0.05) is 0 Å². The Morgan fingerprint density at radius 1 is 1.17 bits per heavy atom. The molecule has 4 heterocycles. The number of carbonyl (C=O) groups excluding carboxylic acids is 1. The molecule has 0 atom stereocenters. The van der Waals surface area contributed by atoms with Crippen molar-refractivity contribution in [3.63, 3.8) is 0 Å². The first kappa shape index (κ1) is 13.3. The fourth-order valence-corrected chi connectivity index (χ4v) is 2.31. The van der Waals surface area contributed by atoms with E-state index in [-0.39, 0.29) is 5.84 Å². The van der Waals surface area contributed by atoms with Gasteiger partial charge in [-0.05, 0) is 12.1 Å². The van der Waals surface area contributed by atoms with Crippen molar-refractivity contribution >= 4 is 47.0 Å². The zero-order valence-corrected chi connectivity index (χ0v) is 12.2. The van der Waals surface area contributed by atoms with Crippen LogP contribution < -0.4 is 4.90 Å². The van der Waals surface area contributed by atoms with Crippen LogP contribution in [0.25, 0.3) is 11.2 Å². The molecule has 2 aliphatic rings. The SMILES string of the molecule is CN(CC1=NN=C2C(=O)N=CC=[N+]12)c1ccc2nccnc2n1. The van der Waals surface area contributed by atoms with Crippen molar-refractivity contribution in [3.05, 3.63) is 24.5 Å². The lowest BCUT2D eigenvalue weighted by molar-refractivity contribution is -0.258. The second-order valence-corrected chi connectivity index (χ2v) is 4.97. The van der Waals surface area contributed by atoms with E-state index in [1.54, 1.807) is 23.2 Å². The van der Waals surface area contributed by atoms with Crippen LogP contribution in [-0.2, 0) is 4.79 Å². The normalized spacial score (nSPS) is 16.0. The number of anilines is 1. The largest absolute Gasteiger partial charge is 0.377 e. The summed E-state index contributed by atoms with van der Waals surface area (Å²) in [5.74, 6) is 1.18. The first-order valence-electron chi connectivity index (χ1n) is 6.87. The minimum absolute atomic E-state index is 0.216. The van der Waals surface area contributed by atoms with Crippen LogP contribution in [-0.4, -0.2) is 63.1 Å². The first-order valence-corrected chi connectivity index (χ1v) is 6.87. The van der Waals surface area contributed by atoms with Gasteiger partial charge in [0.1, 0.15) is 17.9 Å². The van der Waals surface area contributed by atoms with Gasteiger partial charge in [0.05, 0.1) is 22.6 Å². The lowest BCUT2D eigenvalue weighted by Crippen LogP contribution is -2.39. The van der Waals surface area contributed by atoms with Crippen molar-refractivity contribution < 1.29 is 9.37 Å². The van der Waals surface area contributed by atoms with Crippen molar-refractivity contribution in [2.24, 2.45) is 15.2 Å². The lowest BCUT2D eigenvalue weighted by Gasteiger charge is -2.16. The van der Waals surface area contributed by atoms with Gasteiger partial charge < -0.3 is 4.90 Å². The number of likely N-dealkylation sites (N-methyl/N-ethyl adjacent to an activating group) is 1. The average molecular weight is 307 g/mol. The van der Waals surface area contributed by atoms with Gasteiger partial charge >= 0.3 is 17.6 Å². The molecule has 112 valence electrons. The molecule has 9 nitrogen and oxygen atoms in total. The summed E-state index contributed by atoms with van der Waals surface area (Å²) in [6.07, 6.45) is 6.34. The third-order valence-corrected chi connectivity index (χ3v) is 3.45. The van der Waals surface area contributed by atoms with Crippen LogP contribution in [0, 0.1) is 0 Å². The minimum atomic E-state index is -0.395. The van der Waals surface area contributed by atoms with Crippen molar-refractivity contribution in [2.45, 2.75) is 0 Å². The first-order chi connectivity index (χ1) is 11.2. The van der Waals surface area contributed by atoms with Crippen molar-refractivity contribution in [1.82, 2.24) is 15.0 Å². The number of amides is 1. The summed E-state index contributed by atoms with van der Waals surface area (Å²) in [5.41, 5.74) is 1.31. The van der Waals surface area contributed by atoms with Gasteiger partial charge in [0.2, 0.25) is 0 Å². The standard InChI is InChI=1S/C14H11N8O/c1-21(10-3-2-9-12(18-10)16-5-4-15-9)8-11-19-20-13-14(23)17-6-7-22(11)13/h2-7H,8H2,1H3/q+1. The molecule has 0 saturated carbocycles. The maximum Gasteiger partial charge on any atom is 0.377 e. The fourth-order valence-electron chi connectivity index (χ4n) is 2.31. The molecular weight excluding hydrogens is 296 g/mol. The van der Waals surface area contributed by atoms with Crippen molar-refractivity contribution in [2.75, 3.05) is 18.5 Å². The van der Waals surface area contributed by atoms with Gasteiger partial charge in [-0.25, -0.2) is 15.0 Å². The smallest absolute Gasteiger partial charge is 0.349 e. The highest BCUT2D eigenvalue weighted by Crippen LogP contribution is 2.14. The maximum atomic E-state index is 11.6. The van der Waals surface area contributed by atoms with E-state index >= 15 is 0 Å². The summed E-state index contributed by atoms with van der Waals surface area (Å²) in [6.45, 7) is 0.434. The molecule has 23 heavy (non-hydrogen) atoms. The molecule has 2 aromatic rings. The summed E-state index contributed by atoms with van der Waals surface area (Å²) < 4.78 is 1.63. The Balaban J connectivity index is 1.58. The van der Waals surface area contributed by atoms with Crippen LogP contribution in [0.1, 0.15) is 0 Å². The zero-order valence-electron chi connectivity index (χ0n) is 12.2.